The van der Waals surface area contributed by atoms with Crippen LogP contribution in [0.4, 0.5) is 5.69 Å². The van der Waals surface area contributed by atoms with E-state index in [2.05, 4.69) is 5.32 Å². The summed E-state index contributed by atoms with van der Waals surface area (Å²) in [6, 6.07) is 23.4. The molecule has 26 heavy (non-hydrogen) atoms. The Morgan fingerprint density at radius 2 is 1.50 bits per heavy atom. The van der Waals surface area contributed by atoms with Crippen LogP contribution < -0.4 is 5.32 Å². The van der Waals surface area contributed by atoms with Crippen molar-refractivity contribution in [1.82, 2.24) is 0 Å². The molecule has 2 nitrogen and oxygen atoms in total. The Morgan fingerprint density at radius 1 is 0.846 bits per heavy atom. The highest BCUT2D eigenvalue weighted by Gasteiger charge is 2.19. The molecule has 0 saturated heterocycles. The smallest absolute Gasteiger partial charge is 0.0812 e. The highest BCUT2D eigenvalue weighted by atomic mass is 35.5. The van der Waals surface area contributed by atoms with Gasteiger partial charge in [0.25, 0.3) is 0 Å². The normalized spacial score (nSPS) is 13.2. The van der Waals surface area contributed by atoms with Crippen molar-refractivity contribution >= 4 is 28.9 Å². The Labute approximate surface area is 164 Å². The zero-order chi connectivity index (χ0) is 18.5. The van der Waals surface area contributed by atoms with Gasteiger partial charge in [0.15, 0.2) is 0 Å². The first-order valence-corrected chi connectivity index (χ1v) is 9.29. The number of anilines is 1. The number of hydrogen-bond acceptors (Lipinski definition) is 2. The lowest BCUT2D eigenvalue weighted by Gasteiger charge is -2.24. The van der Waals surface area contributed by atoms with E-state index in [4.69, 9.17) is 23.2 Å². The van der Waals surface area contributed by atoms with Gasteiger partial charge in [0.05, 0.1) is 22.2 Å². The van der Waals surface area contributed by atoms with E-state index in [1.54, 1.807) is 6.07 Å². The second-order valence-electron chi connectivity index (χ2n) is 6.40. The lowest BCUT2D eigenvalue weighted by Crippen LogP contribution is -2.15. The van der Waals surface area contributed by atoms with E-state index in [1.165, 1.54) is 5.56 Å². The number of rotatable bonds is 6. The summed E-state index contributed by atoms with van der Waals surface area (Å²) < 4.78 is 0. The quantitative estimate of drug-likeness (QED) is 0.502. The fourth-order valence-corrected chi connectivity index (χ4v) is 3.20. The Morgan fingerprint density at radius 3 is 2.15 bits per heavy atom. The number of benzene rings is 3. The molecule has 0 aliphatic carbocycles. The number of para-hydroxylation sites is 1. The third kappa shape index (κ3) is 4.79. The lowest BCUT2D eigenvalue weighted by atomic mass is 9.96. The standard InChI is InChI=1S/C22H21Cl2NO/c1-15-7-9-16(10-8-15)22(26)14-21(25-18-5-3-2-4-6-18)17-11-12-19(23)20(24)13-17/h2-13,21-22,25-26H,14H2,1H3. The summed E-state index contributed by atoms with van der Waals surface area (Å²) >= 11 is 12.3. The summed E-state index contributed by atoms with van der Waals surface area (Å²) in [5.74, 6) is 0. The molecule has 0 spiro atoms. The summed E-state index contributed by atoms with van der Waals surface area (Å²) in [5, 5.41) is 15.3. The molecule has 4 heteroatoms. The number of aryl methyl sites for hydroxylation is 1. The predicted octanol–water partition coefficient (Wildman–Crippen LogP) is 6.58. The maximum absolute atomic E-state index is 10.7. The molecule has 3 aromatic carbocycles. The van der Waals surface area contributed by atoms with E-state index in [1.807, 2.05) is 73.7 Å². The molecule has 0 radical (unpaired) electrons. The minimum absolute atomic E-state index is 0.108. The van der Waals surface area contributed by atoms with Crippen molar-refractivity contribution in [3.8, 4) is 0 Å². The van der Waals surface area contributed by atoms with Crippen molar-refractivity contribution in [2.24, 2.45) is 0 Å². The van der Waals surface area contributed by atoms with Crippen LogP contribution in [0.1, 0.15) is 35.3 Å². The average Bonchev–Trinajstić information content (AvgIpc) is 2.65. The molecule has 3 rings (SSSR count). The first-order chi connectivity index (χ1) is 12.5. The van der Waals surface area contributed by atoms with Gasteiger partial charge in [-0.2, -0.15) is 0 Å². The number of nitrogens with one attached hydrogen (secondary N) is 1. The highest BCUT2D eigenvalue weighted by Crippen LogP contribution is 2.33. The van der Waals surface area contributed by atoms with Gasteiger partial charge in [-0.25, -0.2) is 0 Å². The molecule has 2 N–H and O–H groups in total. The second kappa shape index (κ2) is 8.59. The monoisotopic (exact) mass is 385 g/mol. The average molecular weight is 386 g/mol. The van der Waals surface area contributed by atoms with Crippen LogP contribution in [-0.4, -0.2) is 5.11 Å². The van der Waals surface area contributed by atoms with Crippen LogP contribution in [0.2, 0.25) is 10.0 Å². The molecule has 0 bridgehead atoms. The molecular formula is C22H21Cl2NO. The molecule has 0 saturated carbocycles. The van der Waals surface area contributed by atoms with E-state index in [-0.39, 0.29) is 6.04 Å². The van der Waals surface area contributed by atoms with Crippen LogP contribution in [0.3, 0.4) is 0 Å². The zero-order valence-electron chi connectivity index (χ0n) is 14.5. The first-order valence-electron chi connectivity index (χ1n) is 8.54. The zero-order valence-corrected chi connectivity index (χ0v) is 16.0. The minimum Gasteiger partial charge on any atom is -0.388 e. The SMILES string of the molecule is Cc1ccc(C(O)CC(Nc2ccccc2)c2ccc(Cl)c(Cl)c2)cc1. The van der Waals surface area contributed by atoms with Crippen molar-refractivity contribution in [3.63, 3.8) is 0 Å². The number of halogens is 2. The van der Waals surface area contributed by atoms with Gasteiger partial charge in [-0.05, 0) is 42.3 Å². The number of aliphatic hydroxyl groups excluding tert-OH is 1. The maximum atomic E-state index is 10.7. The van der Waals surface area contributed by atoms with Gasteiger partial charge < -0.3 is 10.4 Å². The van der Waals surface area contributed by atoms with Crippen LogP contribution in [0.15, 0.2) is 72.8 Å². The summed E-state index contributed by atoms with van der Waals surface area (Å²) in [5.41, 5.74) is 4.04. The molecule has 0 aliphatic rings. The topological polar surface area (TPSA) is 32.3 Å². The van der Waals surface area contributed by atoms with Gasteiger partial charge >= 0.3 is 0 Å². The first kappa shape index (κ1) is 18.8. The summed E-state index contributed by atoms with van der Waals surface area (Å²) in [6.45, 7) is 2.03. The Kier molecular flexibility index (Phi) is 6.20. The van der Waals surface area contributed by atoms with Gasteiger partial charge in [-0.3, -0.25) is 0 Å². The van der Waals surface area contributed by atoms with Gasteiger partial charge in [0.1, 0.15) is 0 Å². The Balaban J connectivity index is 1.86. The molecule has 0 heterocycles. The maximum Gasteiger partial charge on any atom is 0.0812 e. The summed E-state index contributed by atoms with van der Waals surface area (Å²) in [4.78, 5) is 0. The van der Waals surface area contributed by atoms with Crippen molar-refractivity contribution in [2.45, 2.75) is 25.5 Å². The number of aliphatic hydroxyl groups is 1. The minimum atomic E-state index is -0.591. The largest absolute Gasteiger partial charge is 0.388 e. The third-order valence-corrected chi connectivity index (χ3v) is 5.12. The van der Waals surface area contributed by atoms with E-state index in [0.29, 0.717) is 16.5 Å². The molecule has 0 amide bonds. The predicted molar refractivity (Wildman–Crippen MR) is 110 cm³/mol. The van der Waals surface area contributed by atoms with Crippen molar-refractivity contribution in [2.75, 3.05) is 5.32 Å². The van der Waals surface area contributed by atoms with Gasteiger partial charge in [0.2, 0.25) is 0 Å². The summed E-state index contributed by atoms with van der Waals surface area (Å²) in [7, 11) is 0. The fourth-order valence-electron chi connectivity index (χ4n) is 2.89. The van der Waals surface area contributed by atoms with E-state index >= 15 is 0 Å². The van der Waals surface area contributed by atoms with Crippen LogP contribution >= 0.6 is 23.2 Å². The molecule has 0 aromatic heterocycles. The van der Waals surface area contributed by atoms with E-state index in [0.717, 1.165) is 16.8 Å². The molecule has 2 atom stereocenters. The fraction of sp³-hybridized carbons (Fsp3) is 0.182. The van der Waals surface area contributed by atoms with Crippen molar-refractivity contribution in [3.05, 3.63) is 99.5 Å². The van der Waals surface area contributed by atoms with Gasteiger partial charge in [-0.1, -0.05) is 77.3 Å². The molecule has 2 unspecified atom stereocenters. The second-order valence-corrected chi connectivity index (χ2v) is 7.21. The molecule has 0 fully saturated rings. The Hall–Kier alpha value is -2.00. The number of hydrogen-bond donors (Lipinski definition) is 2. The van der Waals surface area contributed by atoms with Gasteiger partial charge in [-0.15, -0.1) is 0 Å². The van der Waals surface area contributed by atoms with E-state index < -0.39 is 6.10 Å². The lowest BCUT2D eigenvalue weighted by molar-refractivity contribution is 0.160. The summed E-state index contributed by atoms with van der Waals surface area (Å²) in [6.07, 6.45) is -0.0816. The van der Waals surface area contributed by atoms with Crippen molar-refractivity contribution < 1.29 is 5.11 Å². The van der Waals surface area contributed by atoms with Crippen LogP contribution in [0.5, 0.6) is 0 Å². The molecule has 3 aromatic rings. The van der Waals surface area contributed by atoms with Crippen molar-refractivity contribution in [1.29, 1.82) is 0 Å². The Bertz CT molecular complexity index is 850. The molecule has 134 valence electrons. The van der Waals surface area contributed by atoms with Crippen LogP contribution in [0.25, 0.3) is 0 Å². The molecule has 0 aliphatic heterocycles. The third-order valence-electron chi connectivity index (χ3n) is 4.38. The highest BCUT2D eigenvalue weighted by molar-refractivity contribution is 6.42. The van der Waals surface area contributed by atoms with Crippen LogP contribution in [-0.2, 0) is 0 Å². The van der Waals surface area contributed by atoms with Gasteiger partial charge in [0, 0.05) is 12.1 Å². The van der Waals surface area contributed by atoms with Crippen LogP contribution in [0, 0.1) is 6.92 Å². The van der Waals surface area contributed by atoms with E-state index in [9.17, 15) is 5.11 Å². The molecular weight excluding hydrogens is 365 g/mol.